The van der Waals surface area contributed by atoms with E-state index in [0.29, 0.717) is 12.1 Å². The van der Waals surface area contributed by atoms with Crippen LogP contribution in [0, 0.1) is 6.92 Å². The fourth-order valence-corrected chi connectivity index (χ4v) is 2.16. The van der Waals surface area contributed by atoms with Gasteiger partial charge in [0.1, 0.15) is 0 Å². The maximum Gasteiger partial charge on any atom is 0.251 e. The first kappa shape index (κ1) is 13.8. The quantitative estimate of drug-likeness (QED) is 0.853. The molecule has 19 heavy (non-hydrogen) atoms. The predicted octanol–water partition coefficient (Wildman–Crippen LogP) is 3.82. The van der Waals surface area contributed by atoms with Crippen molar-refractivity contribution >= 4 is 21.8 Å². The molecule has 0 saturated heterocycles. The molecular weight excluding hydrogens is 302 g/mol. The summed E-state index contributed by atoms with van der Waals surface area (Å²) in [5.41, 5.74) is 4.17. The van der Waals surface area contributed by atoms with Crippen molar-refractivity contribution in [3.63, 3.8) is 0 Å². The highest BCUT2D eigenvalue weighted by atomic mass is 79.9. The second-order valence-electron chi connectivity index (χ2n) is 4.50. The topological polar surface area (TPSA) is 29.1 Å². The molecule has 3 heteroatoms. The van der Waals surface area contributed by atoms with Crippen molar-refractivity contribution in [1.29, 1.82) is 0 Å². The van der Waals surface area contributed by atoms with E-state index >= 15 is 0 Å². The molecule has 0 aliphatic carbocycles. The van der Waals surface area contributed by atoms with Crippen molar-refractivity contribution in [2.45, 2.75) is 18.8 Å². The molecule has 0 heterocycles. The minimum absolute atomic E-state index is 0.0377. The van der Waals surface area contributed by atoms with Crippen LogP contribution < -0.4 is 5.32 Å². The first-order valence-electron chi connectivity index (χ1n) is 6.17. The zero-order valence-electron chi connectivity index (χ0n) is 10.8. The minimum Gasteiger partial charge on any atom is -0.348 e. The van der Waals surface area contributed by atoms with Gasteiger partial charge in [0.05, 0.1) is 0 Å². The summed E-state index contributed by atoms with van der Waals surface area (Å²) >= 11 is 3.43. The predicted molar refractivity (Wildman–Crippen MR) is 81.4 cm³/mol. The van der Waals surface area contributed by atoms with Crippen LogP contribution in [0.1, 0.15) is 27.0 Å². The highest BCUT2D eigenvalue weighted by Crippen LogP contribution is 2.09. The number of rotatable bonds is 4. The third-order valence-corrected chi connectivity index (χ3v) is 3.56. The van der Waals surface area contributed by atoms with Crippen LogP contribution >= 0.6 is 15.9 Å². The average molecular weight is 318 g/mol. The highest BCUT2D eigenvalue weighted by molar-refractivity contribution is 9.08. The number of nitrogens with one attached hydrogen (secondary N) is 1. The number of halogens is 1. The van der Waals surface area contributed by atoms with Crippen LogP contribution in [0.4, 0.5) is 0 Å². The third kappa shape index (κ3) is 3.93. The standard InChI is InChI=1S/C16H16BrNO/c1-12-5-7-15(8-6-12)16(19)18-11-14-4-2-3-13(9-14)10-17/h2-9H,10-11H2,1H3,(H,18,19). The number of carbonyl (C=O) groups excluding carboxylic acids is 1. The van der Waals surface area contributed by atoms with Gasteiger partial charge < -0.3 is 5.32 Å². The Labute approximate surface area is 122 Å². The Morgan fingerprint density at radius 3 is 2.47 bits per heavy atom. The van der Waals surface area contributed by atoms with Gasteiger partial charge in [-0.2, -0.15) is 0 Å². The van der Waals surface area contributed by atoms with E-state index in [0.717, 1.165) is 16.5 Å². The molecule has 2 rings (SSSR count). The number of amides is 1. The van der Waals surface area contributed by atoms with Gasteiger partial charge in [-0.1, -0.05) is 57.9 Å². The number of hydrogen-bond acceptors (Lipinski definition) is 1. The lowest BCUT2D eigenvalue weighted by Gasteiger charge is -2.07. The van der Waals surface area contributed by atoms with Gasteiger partial charge in [0.2, 0.25) is 0 Å². The van der Waals surface area contributed by atoms with Crippen LogP contribution in [0.15, 0.2) is 48.5 Å². The Hall–Kier alpha value is -1.61. The average Bonchev–Trinajstić information content (AvgIpc) is 2.46. The third-order valence-electron chi connectivity index (χ3n) is 2.91. The molecule has 0 aromatic heterocycles. The molecule has 0 saturated carbocycles. The lowest BCUT2D eigenvalue weighted by atomic mass is 10.1. The fraction of sp³-hybridized carbons (Fsp3) is 0.188. The summed E-state index contributed by atoms with van der Waals surface area (Å²) in [6.07, 6.45) is 0. The number of hydrogen-bond donors (Lipinski definition) is 1. The van der Waals surface area contributed by atoms with Crippen LogP contribution in [0.25, 0.3) is 0 Å². The largest absolute Gasteiger partial charge is 0.348 e. The molecular formula is C16H16BrNO. The Bertz CT molecular complexity index is 563. The van der Waals surface area contributed by atoms with E-state index in [1.807, 2.05) is 43.3 Å². The SMILES string of the molecule is Cc1ccc(C(=O)NCc2cccc(CBr)c2)cc1. The maximum atomic E-state index is 12.0. The summed E-state index contributed by atoms with van der Waals surface area (Å²) in [5.74, 6) is -0.0377. The molecule has 1 amide bonds. The van der Waals surface area contributed by atoms with E-state index in [9.17, 15) is 4.79 Å². The molecule has 0 aliphatic rings. The van der Waals surface area contributed by atoms with Gasteiger partial charge in [0.25, 0.3) is 5.91 Å². The van der Waals surface area contributed by atoms with Crippen molar-refractivity contribution in [3.05, 3.63) is 70.8 Å². The first-order valence-corrected chi connectivity index (χ1v) is 7.30. The first-order chi connectivity index (χ1) is 9.19. The van der Waals surface area contributed by atoms with Gasteiger partial charge in [-0.05, 0) is 30.2 Å². The second kappa shape index (κ2) is 6.53. The van der Waals surface area contributed by atoms with Crippen molar-refractivity contribution in [1.82, 2.24) is 5.32 Å². The molecule has 0 atom stereocenters. The van der Waals surface area contributed by atoms with E-state index in [2.05, 4.69) is 33.4 Å². The van der Waals surface area contributed by atoms with Gasteiger partial charge in [-0.25, -0.2) is 0 Å². The Kier molecular flexibility index (Phi) is 4.74. The van der Waals surface area contributed by atoms with E-state index in [1.54, 1.807) is 0 Å². The summed E-state index contributed by atoms with van der Waals surface area (Å²) in [6, 6.07) is 15.7. The Morgan fingerprint density at radius 1 is 1.11 bits per heavy atom. The molecule has 2 aromatic carbocycles. The van der Waals surface area contributed by atoms with E-state index in [-0.39, 0.29) is 5.91 Å². The van der Waals surface area contributed by atoms with Crippen molar-refractivity contribution < 1.29 is 4.79 Å². The minimum atomic E-state index is -0.0377. The molecule has 2 aromatic rings. The molecule has 0 spiro atoms. The Morgan fingerprint density at radius 2 is 1.79 bits per heavy atom. The smallest absolute Gasteiger partial charge is 0.251 e. The lowest BCUT2D eigenvalue weighted by Crippen LogP contribution is -2.22. The number of carbonyl (C=O) groups is 1. The number of benzene rings is 2. The second-order valence-corrected chi connectivity index (χ2v) is 5.06. The van der Waals surface area contributed by atoms with Crippen molar-refractivity contribution in [2.75, 3.05) is 0 Å². The molecule has 98 valence electrons. The van der Waals surface area contributed by atoms with Gasteiger partial charge in [-0.3, -0.25) is 4.79 Å². The van der Waals surface area contributed by atoms with Gasteiger partial charge >= 0.3 is 0 Å². The zero-order chi connectivity index (χ0) is 13.7. The lowest BCUT2D eigenvalue weighted by molar-refractivity contribution is 0.0951. The van der Waals surface area contributed by atoms with Crippen LogP contribution in [-0.4, -0.2) is 5.91 Å². The van der Waals surface area contributed by atoms with Crippen molar-refractivity contribution in [3.8, 4) is 0 Å². The maximum absolute atomic E-state index is 12.0. The zero-order valence-corrected chi connectivity index (χ0v) is 12.4. The van der Waals surface area contributed by atoms with Crippen LogP contribution in [0.2, 0.25) is 0 Å². The summed E-state index contributed by atoms with van der Waals surface area (Å²) in [5, 5.41) is 3.76. The van der Waals surface area contributed by atoms with E-state index in [4.69, 9.17) is 0 Å². The summed E-state index contributed by atoms with van der Waals surface area (Å²) < 4.78 is 0. The highest BCUT2D eigenvalue weighted by Gasteiger charge is 2.04. The molecule has 1 N–H and O–H groups in total. The monoisotopic (exact) mass is 317 g/mol. The van der Waals surface area contributed by atoms with E-state index in [1.165, 1.54) is 5.56 Å². The van der Waals surface area contributed by atoms with E-state index < -0.39 is 0 Å². The van der Waals surface area contributed by atoms with Gasteiger partial charge in [-0.15, -0.1) is 0 Å². The molecule has 0 fully saturated rings. The summed E-state index contributed by atoms with van der Waals surface area (Å²) in [4.78, 5) is 12.0. The number of alkyl halides is 1. The fourth-order valence-electron chi connectivity index (χ4n) is 1.81. The molecule has 0 unspecified atom stereocenters. The summed E-state index contributed by atoms with van der Waals surface area (Å²) in [6.45, 7) is 2.56. The van der Waals surface area contributed by atoms with Crippen LogP contribution in [0.5, 0.6) is 0 Å². The molecule has 0 radical (unpaired) electrons. The molecule has 0 aliphatic heterocycles. The molecule has 2 nitrogen and oxygen atoms in total. The molecule has 0 bridgehead atoms. The summed E-state index contributed by atoms with van der Waals surface area (Å²) in [7, 11) is 0. The Balaban J connectivity index is 1.98. The van der Waals surface area contributed by atoms with Crippen LogP contribution in [0.3, 0.4) is 0 Å². The van der Waals surface area contributed by atoms with Crippen LogP contribution in [-0.2, 0) is 11.9 Å². The van der Waals surface area contributed by atoms with Gasteiger partial charge in [0, 0.05) is 17.4 Å². The number of aryl methyl sites for hydroxylation is 1. The van der Waals surface area contributed by atoms with Crippen molar-refractivity contribution in [2.24, 2.45) is 0 Å². The normalized spacial score (nSPS) is 10.2. The van der Waals surface area contributed by atoms with Gasteiger partial charge in [0.15, 0.2) is 0 Å².